The Labute approximate surface area is 182 Å². The smallest absolute Gasteiger partial charge is 0.339 e. The summed E-state index contributed by atoms with van der Waals surface area (Å²) in [7, 11) is 0. The van der Waals surface area contributed by atoms with Gasteiger partial charge in [0, 0.05) is 32.4 Å². The minimum Gasteiger partial charge on any atom is -0.481 e. The van der Waals surface area contributed by atoms with Crippen molar-refractivity contribution in [1.82, 2.24) is 9.88 Å². The number of rotatable bonds is 6. The summed E-state index contributed by atoms with van der Waals surface area (Å²) in [5.74, 6) is 0.792. The molecule has 1 fully saturated rings. The number of hydrogen-bond donors (Lipinski definition) is 0. The summed E-state index contributed by atoms with van der Waals surface area (Å²) in [6.45, 7) is 6.37. The maximum atomic E-state index is 12.9. The van der Waals surface area contributed by atoms with Crippen LogP contribution in [0.15, 0.2) is 42.6 Å². The molecule has 0 aliphatic carbocycles. The van der Waals surface area contributed by atoms with Gasteiger partial charge in [-0.25, -0.2) is 9.78 Å². The first kappa shape index (κ1) is 22.1. The van der Waals surface area contributed by atoms with Crippen molar-refractivity contribution < 1.29 is 19.1 Å². The third kappa shape index (κ3) is 5.72. The maximum Gasteiger partial charge on any atom is 0.339 e. The Kier molecular flexibility index (Phi) is 7.44. The molecular formula is C23H26N4O4. The zero-order chi connectivity index (χ0) is 22.2. The van der Waals surface area contributed by atoms with Gasteiger partial charge in [-0.3, -0.25) is 4.79 Å². The summed E-state index contributed by atoms with van der Waals surface area (Å²) in [6.07, 6.45) is 1.67. The van der Waals surface area contributed by atoms with Crippen molar-refractivity contribution in [2.75, 3.05) is 37.7 Å². The molecule has 0 spiro atoms. The fourth-order valence-electron chi connectivity index (χ4n) is 3.43. The minimum absolute atomic E-state index is 0.0881. The molecule has 1 aliphatic heterocycles. The fourth-order valence-corrected chi connectivity index (χ4v) is 3.43. The second-order valence-electron chi connectivity index (χ2n) is 7.19. The highest BCUT2D eigenvalue weighted by atomic mass is 16.5. The van der Waals surface area contributed by atoms with E-state index in [1.54, 1.807) is 55.1 Å². The number of hydrogen-bond acceptors (Lipinski definition) is 7. The molecule has 1 atom stereocenters. The number of pyridine rings is 1. The van der Waals surface area contributed by atoms with Crippen LogP contribution in [-0.4, -0.2) is 60.7 Å². The zero-order valence-electron chi connectivity index (χ0n) is 17.8. The molecule has 2 heterocycles. The Morgan fingerprint density at radius 3 is 2.74 bits per heavy atom. The Hall–Kier alpha value is -3.60. The third-order valence-electron chi connectivity index (χ3n) is 5.01. The van der Waals surface area contributed by atoms with E-state index in [1.807, 2.05) is 0 Å². The molecule has 1 aromatic heterocycles. The normalized spacial score (nSPS) is 14.9. The molecule has 1 unspecified atom stereocenters. The SMILES string of the molecule is CCOC(=O)c1ccc(N2CCCN(C(=O)C(C)Oc3cccc(C#N)c3)CC2)nc1. The molecule has 8 heteroatoms. The average molecular weight is 422 g/mol. The number of nitriles is 1. The number of esters is 1. The molecule has 2 aromatic rings. The van der Waals surface area contributed by atoms with Gasteiger partial charge in [-0.2, -0.15) is 5.26 Å². The first-order chi connectivity index (χ1) is 15.0. The molecule has 162 valence electrons. The third-order valence-corrected chi connectivity index (χ3v) is 5.01. The molecule has 1 amide bonds. The monoisotopic (exact) mass is 422 g/mol. The molecule has 0 saturated carbocycles. The van der Waals surface area contributed by atoms with Gasteiger partial charge in [-0.1, -0.05) is 6.07 Å². The van der Waals surface area contributed by atoms with E-state index >= 15 is 0 Å². The summed E-state index contributed by atoms with van der Waals surface area (Å²) in [6, 6.07) is 12.4. The number of amides is 1. The molecule has 0 bridgehead atoms. The van der Waals surface area contributed by atoms with E-state index in [1.165, 1.54) is 6.20 Å². The molecule has 1 aromatic carbocycles. The van der Waals surface area contributed by atoms with E-state index in [4.69, 9.17) is 14.7 Å². The summed E-state index contributed by atoms with van der Waals surface area (Å²) in [5, 5.41) is 9.01. The van der Waals surface area contributed by atoms with Crippen LogP contribution in [0.1, 0.15) is 36.2 Å². The predicted molar refractivity (Wildman–Crippen MR) is 115 cm³/mol. The van der Waals surface area contributed by atoms with Gasteiger partial charge in [0.05, 0.1) is 23.8 Å². The highest BCUT2D eigenvalue weighted by Crippen LogP contribution is 2.18. The number of benzene rings is 1. The molecule has 0 radical (unpaired) electrons. The number of ether oxygens (including phenoxy) is 2. The number of carbonyl (C=O) groups excluding carboxylic acids is 2. The van der Waals surface area contributed by atoms with Crippen LogP contribution in [0.3, 0.4) is 0 Å². The molecule has 8 nitrogen and oxygen atoms in total. The Morgan fingerprint density at radius 1 is 1.19 bits per heavy atom. The van der Waals surface area contributed by atoms with Crippen LogP contribution in [0.2, 0.25) is 0 Å². The predicted octanol–water partition coefficient (Wildman–Crippen LogP) is 2.64. The number of nitrogens with zero attached hydrogens (tertiary/aromatic N) is 4. The van der Waals surface area contributed by atoms with Gasteiger partial charge in [0.2, 0.25) is 0 Å². The van der Waals surface area contributed by atoms with E-state index in [0.717, 1.165) is 18.8 Å². The van der Waals surface area contributed by atoms with E-state index in [2.05, 4.69) is 16.0 Å². The van der Waals surface area contributed by atoms with Crippen molar-refractivity contribution >= 4 is 17.7 Å². The summed E-state index contributed by atoms with van der Waals surface area (Å²) in [4.78, 5) is 33.0. The Morgan fingerprint density at radius 2 is 2.03 bits per heavy atom. The van der Waals surface area contributed by atoms with Gasteiger partial charge in [0.15, 0.2) is 6.10 Å². The van der Waals surface area contributed by atoms with Crippen molar-refractivity contribution in [3.05, 3.63) is 53.7 Å². The fraction of sp³-hybridized carbons (Fsp3) is 0.391. The summed E-state index contributed by atoms with van der Waals surface area (Å²) < 4.78 is 10.8. The van der Waals surface area contributed by atoms with Gasteiger partial charge in [0.25, 0.3) is 5.91 Å². The lowest BCUT2D eigenvalue weighted by molar-refractivity contribution is -0.137. The van der Waals surface area contributed by atoms with Crippen LogP contribution in [-0.2, 0) is 9.53 Å². The van der Waals surface area contributed by atoms with Crippen LogP contribution >= 0.6 is 0 Å². The highest BCUT2D eigenvalue weighted by Gasteiger charge is 2.25. The van der Waals surface area contributed by atoms with Crippen LogP contribution in [0.25, 0.3) is 0 Å². The van der Waals surface area contributed by atoms with Gasteiger partial charge in [-0.05, 0) is 50.6 Å². The second-order valence-corrected chi connectivity index (χ2v) is 7.19. The zero-order valence-corrected chi connectivity index (χ0v) is 17.8. The topological polar surface area (TPSA) is 95.8 Å². The molecule has 1 aliphatic rings. The quantitative estimate of drug-likeness (QED) is 0.660. The van der Waals surface area contributed by atoms with Crippen LogP contribution in [0, 0.1) is 11.3 Å². The second kappa shape index (κ2) is 10.4. The van der Waals surface area contributed by atoms with Crippen molar-refractivity contribution in [2.24, 2.45) is 0 Å². The van der Waals surface area contributed by atoms with Crippen molar-refractivity contribution in [3.63, 3.8) is 0 Å². The molecule has 1 saturated heterocycles. The van der Waals surface area contributed by atoms with Crippen molar-refractivity contribution in [1.29, 1.82) is 5.26 Å². The van der Waals surface area contributed by atoms with Gasteiger partial charge in [0.1, 0.15) is 11.6 Å². The number of aromatic nitrogens is 1. The van der Waals surface area contributed by atoms with Gasteiger partial charge in [-0.15, -0.1) is 0 Å². The van der Waals surface area contributed by atoms with E-state index in [0.29, 0.717) is 43.1 Å². The van der Waals surface area contributed by atoms with Crippen molar-refractivity contribution in [2.45, 2.75) is 26.4 Å². The van der Waals surface area contributed by atoms with Gasteiger partial charge >= 0.3 is 5.97 Å². The minimum atomic E-state index is -0.650. The summed E-state index contributed by atoms with van der Waals surface area (Å²) in [5.41, 5.74) is 0.910. The Bertz CT molecular complexity index is 955. The molecule has 31 heavy (non-hydrogen) atoms. The van der Waals surface area contributed by atoms with Gasteiger partial charge < -0.3 is 19.3 Å². The first-order valence-corrected chi connectivity index (χ1v) is 10.4. The highest BCUT2D eigenvalue weighted by molar-refractivity contribution is 5.89. The lowest BCUT2D eigenvalue weighted by Gasteiger charge is -2.25. The molecule has 0 N–H and O–H groups in total. The maximum absolute atomic E-state index is 12.9. The average Bonchev–Trinajstić information content (AvgIpc) is 3.05. The first-order valence-electron chi connectivity index (χ1n) is 10.4. The number of anilines is 1. The van der Waals surface area contributed by atoms with Crippen LogP contribution in [0.4, 0.5) is 5.82 Å². The standard InChI is InChI=1S/C23H26N4O4/c1-3-30-23(29)19-8-9-21(25-16-19)26-10-5-11-27(13-12-26)22(28)17(2)31-20-7-4-6-18(14-20)15-24/h4,6-9,14,16-17H,3,5,10-13H2,1-2H3. The largest absolute Gasteiger partial charge is 0.481 e. The van der Waals surface area contributed by atoms with E-state index in [-0.39, 0.29) is 11.9 Å². The van der Waals surface area contributed by atoms with E-state index in [9.17, 15) is 9.59 Å². The van der Waals surface area contributed by atoms with E-state index < -0.39 is 6.10 Å². The van der Waals surface area contributed by atoms with Crippen molar-refractivity contribution in [3.8, 4) is 11.8 Å². The summed E-state index contributed by atoms with van der Waals surface area (Å²) >= 11 is 0. The number of carbonyl (C=O) groups is 2. The van der Waals surface area contributed by atoms with Crippen LogP contribution in [0.5, 0.6) is 5.75 Å². The lowest BCUT2D eigenvalue weighted by Crippen LogP contribution is -2.42. The molecule has 3 rings (SSSR count). The van der Waals surface area contributed by atoms with Crippen LogP contribution < -0.4 is 9.64 Å². The lowest BCUT2D eigenvalue weighted by atomic mass is 10.2. The molecular weight excluding hydrogens is 396 g/mol. The Balaban J connectivity index is 1.58.